The largest absolute Gasteiger partial charge is 0.368 e. The summed E-state index contributed by atoms with van der Waals surface area (Å²) >= 11 is 0. The van der Waals surface area contributed by atoms with E-state index in [2.05, 4.69) is 11.1 Å². The van der Waals surface area contributed by atoms with Crippen LogP contribution in [0.4, 0.5) is 5.69 Å². The third kappa shape index (κ3) is 2.49. The molecule has 1 heterocycles. The summed E-state index contributed by atoms with van der Waals surface area (Å²) in [6.07, 6.45) is 1.80. The molecule has 1 aromatic heterocycles. The first-order valence-corrected chi connectivity index (χ1v) is 5.83. The Hall–Kier alpha value is -2.34. The van der Waals surface area contributed by atoms with Crippen molar-refractivity contribution in [3.8, 4) is 6.07 Å². The molecule has 0 atom stereocenters. The molecule has 0 bridgehead atoms. The van der Waals surface area contributed by atoms with Crippen LogP contribution in [-0.2, 0) is 6.54 Å². The van der Waals surface area contributed by atoms with Crippen molar-refractivity contribution in [3.63, 3.8) is 0 Å². The lowest BCUT2D eigenvalue weighted by Crippen LogP contribution is -2.19. The predicted molar refractivity (Wildman–Crippen MR) is 72.2 cm³/mol. The van der Waals surface area contributed by atoms with E-state index in [4.69, 9.17) is 5.26 Å². The smallest absolute Gasteiger partial charge is 0.101 e. The quantitative estimate of drug-likeness (QED) is 0.824. The van der Waals surface area contributed by atoms with E-state index in [0.717, 1.165) is 11.4 Å². The summed E-state index contributed by atoms with van der Waals surface area (Å²) in [5.74, 6) is 0. The monoisotopic (exact) mass is 237 g/mol. The molecule has 0 amide bonds. The lowest BCUT2D eigenvalue weighted by atomic mass is 10.1. The zero-order valence-corrected chi connectivity index (χ0v) is 10.6. The number of hydrogen-bond acceptors (Lipinski definition) is 3. The second-order valence-electron chi connectivity index (χ2n) is 4.25. The van der Waals surface area contributed by atoms with E-state index in [9.17, 15) is 0 Å². The molecule has 0 aliphatic carbocycles. The molecule has 18 heavy (non-hydrogen) atoms. The minimum Gasteiger partial charge on any atom is -0.368 e. The Balaban J connectivity index is 2.26. The van der Waals surface area contributed by atoms with Gasteiger partial charge in [0.15, 0.2) is 0 Å². The lowest BCUT2D eigenvalue weighted by molar-refractivity contribution is 0.872. The van der Waals surface area contributed by atoms with Crippen LogP contribution in [0.5, 0.6) is 0 Å². The van der Waals surface area contributed by atoms with Gasteiger partial charge < -0.3 is 4.90 Å². The molecular weight excluding hydrogens is 222 g/mol. The van der Waals surface area contributed by atoms with Crippen LogP contribution < -0.4 is 4.90 Å². The van der Waals surface area contributed by atoms with Crippen LogP contribution in [0.1, 0.15) is 16.8 Å². The molecule has 0 spiro atoms. The van der Waals surface area contributed by atoms with Gasteiger partial charge in [-0.05, 0) is 30.7 Å². The standard InChI is InChI=1S/C15H15N3/c1-12-6-5-9-17-14(12)11-18(2)15-8-4-3-7-13(15)10-16/h3-9H,11H2,1-2H3. The molecule has 0 aliphatic rings. The van der Waals surface area contributed by atoms with E-state index in [-0.39, 0.29) is 0 Å². The van der Waals surface area contributed by atoms with Gasteiger partial charge in [-0.1, -0.05) is 18.2 Å². The minimum atomic E-state index is 0.689. The molecule has 0 unspecified atom stereocenters. The van der Waals surface area contributed by atoms with Crippen LogP contribution >= 0.6 is 0 Å². The van der Waals surface area contributed by atoms with Gasteiger partial charge in [-0.25, -0.2) is 0 Å². The van der Waals surface area contributed by atoms with Crippen molar-refractivity contribution < 1.29 is 0 Å². The van der Waals surface area contributed by atoms with Crippen molar-refractivity contribution in [2.24, 2.45) is 0 Å². The fraction of sp³-hybridized carbons (Fsp3) is 0.200. The minimum absolute atomic E-state index is 0.689. The van der Waals surface area contributed by atoms with Crippen LogP contribution in [0.25, 0.3) is 0 Å². The average molecular weight is 237 g/mol. The normalized spacial score (nSPS) is 9.83. The molecule has 90 valence electrons. The van der Waals surface area contributed by atoms with Crippen molar-refractivity contribution in [2.75, 3.05) is 11.9 Å². The molecule has 0 saturated heterocycles. The highest BCUT2D eigenvalue weighted by molar-refractivity contribution is 5.58. The number of benzene rings is 1. The molecule has 0 radical (unpaired) electrons. The van der Waals surface area contributed by atoms with Gasteiger partial charge in [-0.15, -0.1) is 0 Å². The first-order valence-electron chi connectivity index (χ1n) is 5.83. The number of hydrogen-bond donors (Lipinski definition) is 0. The van der Waals surface area contributed by atoms with Gasteiger partial charge in [-0.2, -0.15) is 5.26 Å². The van der Waals surface area contributed by atoms with Crippen molar-refractivity contribution in [1.29, 1.82) is 5.26 Å². The van der Waals surface area contributed by atoms with E-state index in [1.165, 1.54) is 5.56 Å². The summed E-state index contributed by atoms with van der Waals surface area (Å²) in [6.45, 7) is 2.75. The van der Waals surface area contributed by atoms with Gasteiger partial charge in [0.2, 0.25) is 0 Å². The molecule has 1 aromatic carbocycles. The Labute approximate surface area is 107 Å². The number of aryl methyl sites for hydroxylation is 1. The van der Waals surface area contributed by atoms with Gasteiger partial charge >= 0.3 is 0 Å². The molecule has 3 heteroatoms. The van der Waals surface area contributed by atoms with E-state index in [0.29, 0.717) is 12.1 Å². The van der Waals surface area contributed by atoms with E-state index in [1.807, 2.05) is 55.3 Å². The van der Waals surface area contributed by atoms with Gasteiger partial charge in [0.05, 0.1) is 23.5 Å². The summed E-state index contributed by atoms with van der Waals surface area (Å²) in [7, 11) is 1.98. The topological polar surface area (TPSA) is 39.9 Å². The van der Waals surface area contributed by atoms with E-state index in [1.54, 1.807) is 6.20 Å². The number of pyridine rings is 1. The van der Waals surface area contributed by atoms with Crippen LogP contribution in [0, 0.1) is 18.3 Å². The number of para-hydroxylation sites is 1. The summed E-state index contributed by atoms with van der Waals surface area (Å²) in [4.78, 5) is 6.42. The fourth-order valence-corrected chi connectivity index (χ4v) is 1.89. The SMILES string of the molecule is Cc1cccnc1CN(C)c1ccccc1C#N. The summed E-state index contributed by atoms with van der Waals surface area (Å²) < 4.78 is 0. The maximum absolute atomic E-state index is 9.10. The second-order valence-corrected chi connectivity index (χ2v) is 4.25. The third-order valence-corrected chi connectivity index (χ3v) is 2.94. The highest BCUT2D eigenvalue weighted by atomic mass is 15.1. The molecule has 2 aromatic rings. The molecule has 0 aliphatic heterocycles. The second kappa shape index (κ2) is 5.33. The van der Waals surface area contributed by atoms with Crippen LogP contribution in [0.15, 0.2) is 42.6 Å². The molecule has 3 nitrogen and oxygen atoms in total. The van der Waals surface area contributed by atoms with Gasteiger partial charge in [0.1, 0.15) is 6.07 Å². The van der Waals surface area contributed by atoms with E-state index < -0.39 is 0 Å². The van der Waals surface area contributed by atoms with Crippen LogP contribution in [0.2, 0.25) is 0 Å². The Kier molecular flexibility index (Phi) is 3.59. The zero-order valence-electron chi connectivity index (χ0n) is 10.6. The number of nitriles is 1. The highest BCUT2D eigenvalue weighted by Gasteiger charge is 2.08. The van der Waals surface area contributed by atoms with Gasteiger partial charge in [0, 0.05) is 13.2 Å². The summed E-state index contributed by atoms with van der Waals surface area (Å²) in [6, 6.07) is 13.8. The van der Waals surface area contributed by atoms with Gasteiger partial charge in [0.25, 0.3) is 0 Å². The van der Waals surface area contributed by atoms with Crippen molar-refractivity contribution in [3.05, 3.63) is 59.4 Å². The Bertz CT molecular complexity index is 584. The number of rotatable bonds is 3. The Morgan fingerprint density at radius 1 is 1.22 bits per heavy atom. The third-order valence-electron chi connectivity index (χ3n) is 2.94. The van der Waals surface area contributed by atoms with E-state index >= 15 is 0 Å². The highest BCUT2D eigenvalue weighted by Crippen LogP contribution is 2.20. The molecule has 2 rings (SSSR count). The maximum atomic E-state index is 9.10. The first-order chi connectivity index (χ1) is 8.72. The Morgan fingerprint density at radius 3 is 2.72 bits per heavy atom. The predicted octanol–water partition coefficient (Wildman–Crippen LogP) is 2.90. The van der Waals surface area contributed by atoms with Crippen LogP contribution in [0.3, 0.4) is 0 Å². The van der Waals surface area contributed by atoms with Gasteiger partial charge in [-0.3, -0.25) is 4.98 Å². The number of aromatic nitrogens is 1. The fourth-order valence-electron chi connectivity index (χ4n) is 1.89. The van der Waals surface area contributed by atoms with Crippen LogP contribution in [-0.4, -0.2) is 12.0 Å². The molecule has 0 saturated carbocycles. The number of anilines is 1. The summed E-state index contributed by atoms with van der Waals surface area (Å²) in [5, 5.41) is 9.10. The molecular formula is C15H15N3. The summed E-state index contributed by atoms with van der Waals surface area (Å²) in [5.41, 5.74) is 3.82. The maximum Gasteiger partial charge on any atom is 0.101 e. The molecule has 0 N–H and O–H groups in total. The Morgan fingerprint density at radius 2 is 2.00 bits per heavy atom. The van der Waals surface area contributed by atoms with Crippen molar-refractivity contribution in [2.45, 2.75) is 13.5 Å². The average Bonchev–Trinajstić information content (AvgIpc) is 2.41. The van der Waals surface area contributed by atoms with Crippen molar-refractivity contribution >= 4 is 5.69 Å². The zero-order chi connectivity index (χ0) is 13.0. The lowest BCUT2D eigenvalue weighted by Gasteiger charge is -2.20. The number of nitrogens with zero attached hydrogens (tertiary/aromatic N) is 3. The van der Waals surface area contributed by atoms with Crippen molar-refractivity contribution in [1.82, 2.24) is 4.98 Å². The molecule has 0 fully saturated rings. The first kappa shape index (κ1) is 12.1.